The lowest BCUT2D eigenvalue weighted by molar-refractivity contribution is -0.140. The van der Waals surface area contributed by atoms with Crippen molar-refractivity contribution in [3.63, 3.8) is 0 Å². The summed E-state index contributed by atoms with van der Waals surface area (Å²) in [4.78, 5) is 40.6. The molecule has 2 N–H and O–H groups in total. The first-order valence-corrected chi connectivity index (χ1v) is 12.5. The van der Waals surface area contributed by atoms with Crippen molar-refractivity contribution in [1.82, 2.24) is 4.90 Å². The second kappa shape index (κ2) is 11.5. The quantitative estimate of drug-likeness (QED) is 0.270. The maximum Gasteiger partial charge on any atom is 0.305 e. The second-order valence-corrected chi connectivity index (χ2v) is 9.82. The summed E-state index contributed by atoms with van der Waals surface area (Å²) in [6.45, 7) is 2.74. The number of benzene rings is 1. The molecule has 186 valence electrons. The van der Waals surface area contributed by atoms with Gasteiger partial charge in [-0.2, -0.15) is 0 Å². The van der Waals surface area contributed by atoms with Gasteiger partial charge in [-0.05, 0) is 43.9 Å². The van der Waals surface area contributed by atoms with Crippen LogP contribution in [-0.4, -0.2) is 65.7 Å². The Morgan fingerprint density at radius 2 is 2.12 bits per heavy atom. The smallest absolute Gasteiger partial charge is 0.305 e. The van der Waals surface area contributed by atoms with Gasteiger partial charge in [-0.1, -0.05) is 35.0 Å². The van der Waals surface area contributed by atoms with Crippen molar-refractivity contribution in [1.29, 1.82) is 0 Å². The van der Waals surface area contributed by atoms with E-state index >= 15 is 0 Å². The molecule has 1 saturated heterocycles. The standard InChI is InChI=1S/C25H33BrN2O6/c1-17(7-5-9-22(30)27-14-6-8-19(27)16-29)25(33)20-15-18(26)11-12-21(20)28(24(25)32)13-4-3-10-23(31)34-2/h5,7,11-12,15,17,19,29,33H,3-4,6,8-10,13-14,16H2,1-2H3/b7-5+/t17-,19+,25+/m1/s1. The fraction of sp³-hybridized carbons (Fsp3) is 0.560. The largest absolute Gasteiger partial charge is 0.469 e. The van der Waals surface area contributed by atoms with Crippen molar-refractivity contribution < 1.29 is 29.3 Å². The third-order valence-corrected chi connectivity index (χ3v) is 7.25. The fourth-order valence-corrected chi connectivity index (χ4v) is 5.13. The number of rotatable bonds is 10. The third kappa shape index (κ3) is 5.37. The molecule has 3 rings (SSSR count). The Hall–Kier alpha value is -2.23. The van der Waals surface area contributed by atoms with Crippen LogP contribution in [0.3, 0.4) is 0 Å². The minimum absolute atomic E-state index is 0.0404. The minimum atomic E-state index is -1.76. The normalized spacial score (nSPS) is 23.0. The molecular weight excluding hydrogens is 504 g/mol. The van der Waals surface area contributed by atoms with Gasteiger partial charge in [0.05, 0.1) is 25.4 Å². The molecule has 1 aromatic carbocycles. The zero-order valence-electron chi connectivity index (χ0n) is 19.7. The van der Waals surface area contributed by atoms with Crippen LogP contribution in [-0.2, 0) is 24.7 Å². The van der Waals surface area contributed by atoms with Gasteiger partial charge in [0.25, 0.3) is 5.91 Å². The van der Waals surface area contributed by atoms with E-state index in [1.54, 1.807) is 41.0 Å². The van der Waals surface area contributed by atoms with Gasteiger partial charge >= 0.3 is 5.97 Å². The van der Waals surface area contributed by atoms with Crippen LogP contribution in [0.5, 0.6) is 0 Å². The lowest BCUT2D eigenvalue weighted by atomic mass is 9.83. The van der Waals surface area contributed by atoms with Gasteiger partial charge in [0.1, 0.15) is 0 Å². The molecule has 8 nitrogen and oxygen atoms in total. The van der Waals surface area contributed by atoms with Crippen LogP contribution in [0, 0.1) is 5.92 Å². The minimum Gasteiger partial charge on any atom is -0.469 e. The number of halogens is 1. The first kappa shape index (κ1) is 26.4. The van der Waals surface area contributed by atoms with Gasteiger partial charge in [0.15, 0.2) is 5.60 Å². The van der Waals surface area contributed by atoms with Crippen LogP contribution < -0.4 is 4.90 Å². The first-order valence-electron chi connectivity index (χ1n) is 11.7. The number of methoxy groups -OCH3 is 1. The van der Waals surface area contributed by atoms with E-state index in [-0.39, 0.29) is 37.4 Å². The predicted octanol–water partition coefficient (Wildman–Crippen LogP) is 2.89. The van der Waals surface area contributed by atoms with Crippen LogP contribution in [0.25, 0.3) is 0 Å². The van der Waals surface area contributed by atoms with E-state index in [4.69, 9.17) is 0 Å². The Kier molecular flexibility index (Phi) is 8.89. The van der Waals surface area contributed by atoms with E-state index in [1.807, 2.05) is 6.07 Å². The average Bonchev–Trinajstić information content (AvgIpc) is 3.39. The molecule has 0 aliphatic carbocycles. The van der Waals surface area contributed by atoms with E-state index in [9.17, 15) is 24.6 Å². The molecule has 2 amide bonds. The summed E-state index contributed by atoms with van der Waals surface area (Å²) in [5, 5.41) is 21.1. The van der Waals surface area contributed by atoms with Crippen LogP contribution in [0.4, 0.5) is 5.69 Å². The second-order valence-electron chi connectivity index (χ2n) is 8.90. The van der Waals surface area contributed by atoms with Gasteiger partial charge in [-0.3, -0.25) is 14.4 Å². The van der Waals surface area contributed by atoms with Gasteiger partial charge in [-0.25, -0.2) is 0 Å². The Bertz CT molecular complexity index is 951. The molecule has 1 aromatic rings. The number of unbranched alkanes of at least 4 members (excludes halogenated alkanes) is 1. The van der Waals surface area contributed by atoms with Crippen molar-refractivity contribution in [2.75, 3.05) is 31.7 Å². The molecule has 0 unspecified atom stereocenters. The highest BCUT2D eigenvalue weighted by molar-refractivity contribution is 9.10. The number of hydrogen-bond acceptors (Lipinski definition) is 6. The first-order chi connectivity index (χ1) is 16.2. The summed E-state index contributed by atoms with van der Waals surface area (Å²) in [5.74, 6) is -1.35. The van der Waals surface area contributed by atoms with Crippen LogP contribution in [0.15, 0.2) is 34.8 Å². The van der Waals surface area contributed by atoms with Crippen molar-refractivity contribution >= 4 is 39.4 Å². The van der Waals surface area contributed by atoms with Gasteiger partial charge in [0, 0.05) is 41.9 Å². The van der Waals surface area contributed by atoms with Gasteiger partial charge in [0.2, 0.25) is 5.91 Å². The number of aliphatic hydroxyl groups excluding tert-OH is 1. The molecule has 34 heavy (non-hydrogen) atoms. The highest BCUT2D eigenvalue weighted by Crippen LogP contribution is 2.46. The molecule has 0 spiro atoms. The Morgan fingerprint density at radius 1 is 1.35 bits per heavy atom. The summed E-state index contributed by atoms with van der Waals surface area (Å²) in [7, 11) is 1.35. The maximum atomic E-state index is 13.4. The number of carbonyl (C=O) groups excluding carboxylic acids is 3. The van der Waals surface area contributed by atoms with Gasteiger partial charge in [-0.15, -0.1) is 0 Å². The van der Waals surface area contributed by atoms with Crippen molar-refractivity contribution in [2.45, 2.75) is 57.1 Å². The number of fused-ring (bicyclic) bond motifs is 1. The molecular formula is C25H33BrN2O6. The molecule has 0 bridgehead atoms. The number of ether oxygens (including phenoxy) is 1. The molecule has 1 fully saturated rings. The van der Waals surface area contributed by atoms with Crippen LogP contribution in [0.2, 0.25) is 0 Å². The van der Waals surface area contributed by atoms with E-state index in [0.29, 0.717) is 37.2 Å². The monoisotopic (exact) mass is 536 g/mol. The summed E-state index contributed by atoms with van der Waals surface area (Å²) < 4.78 is 5.42. The number of anilines is 1. The summed E-state index contributed by atoms with van der Waals surface area (Å²) >= 11 is 3.43. The lowest BCUT2D eigenvalue weighted by Crippen LogP contribution is -2.44. The van der Waals surface area contributed by atoms with E-state index < -0.39 is 17.4 Å². The summed E-state index contributed by atoms with van der Waals surface area (Å²) in [6.07, 6.45) is 6.68. The fourth-order valence-electron chi connectivity index (χ4n) is 4.77. The average molecular weight is 537 g/mol. The number of nitrogens with zero attached hydrogens (tertiary/aromatic N) is 2. The van der Waals surface area contributed by atoms with Crippen molar-refractivity contribution in [3.05, 3.63) is 40.4 Å². The molecule has 2 heterocycles. The van der Waals surface area contributed by atoms with E-state index in [2.05, 4.69) is 20.7 Å². The predicted molar refractivity (Wildman–Crippen MR) is 131 cm³/mol. The molecule has 2 aliphatic rings. The molecule has 3 atom stereocenters. The summed E-state index contributed by atoms with van der Waals surface area (Å²) in [6, 6.07) is 5.26. The molecule has 2 aliphatic heterocycles. The number of hydrogen-bond donors (Lipinski definition) is 2. The highest BCUT2D eigenvalue weighted by atomic mass is 79.9. The molecule has 9 heteroatoms. The van der Waals surface area contributed by atoms with Crippen LogP contribution >= 0.6 is 15.9 Å². The van der Waals surface area contributed by atoms with E-state index in [0.717, 1.165) is 17.3 Å². The van der Waals surface area contributed by atoms with Crippen molar-refractivity contribution in [2.24, 2.45) is 5.92 Å². The van der Waals surface area contributed by atoms with Gasteiger partial charge < -0.3 is 24.7 Å². The SMILES string of the molecule is COC(=O)CCCCN1C(=O)[C@](O)([C@H](C)/C=C/CC(=O)N2CCC[C@H]2CO)c2cc(Br)ccc21. The lowest BCUT2D eigenvalue weighted by Gasteiger charge is -2.28. The zero-order valence-corrected chi connectivity index (χ0v) is 21.3. The number of aliphatic hydroxyl groups is 2. The topological polar surface area (TPSA) is 107 Å². The number of likely N-dealkylation sites (tertiary alicyclic amines) is 1. The molecule has 0 aromatic heterocycles. The summed E-state index contributed by atoms with van der Waals surface area (Å²) in [5.41, 5.74) is -0.599. The van der Waals surface area contributed by atoms with Crippen LogP contribution in [0.1, 0.15) is 51.0 Å². The number of amides is 2. The number of esters is 1. The Balaban J connectivity index is 1.72. The maximum absolute atomic E-state index is 13.4. The highest BCUT2D eigenvalue weighted by Gasteiger charge is 2.52. The Morgan fingerprint density at radius 3 is 2.82 bits per heavy atom. The zero-order chi connectivity index (χ0) is 24.9. The Labute approximate surface area is 208 Å². The van der Waals surface area contributed by atoms with E-state index in [1.165, 1.54) is 7.11 Å². The third-order valence-electron chi connectivity index (χ3n) is 6.76. The number of carbonyl (C=O) groups is 3. The molecule has 0 radical (unpaired) electrons. The van der Waals surface area contributed by atoms with Crippen molar-refractivity contribution in [3.8, 4) is 0 Å². The molecule has 0 saturated carbocycles.